The van der Waals surface area contributed by atoms with E-state index in [1.807, 2.05) is 48.5 Å². The minimum Gasteiger partial charge on any atom is -0.352 e. The smallest absolute Gasteiger partial charge is 0.262 e. The molecule has 0 unspecified atom stereocenters. The molecule has 0 aromatic heterocycles. The van der Waals surface area contributed by atoms with Gasteiger partial charge in [0.2, 0.25) is 0 Å². The third-order valence-corrected chi connectivity index (χ3v) is 6.43. The van der Waals surface area contributed by atoms with Gasteiger partial charge < -0.3 is 15.5 Å². The molecule has 0 bridgehead atoms. The second-order valence-electron chi connectivity index (χ2n) is 7.50. The molecule has 5 nitrogen and oxygen atoms in total. The standard InChI is InChI=1S/C23H25N3O2S/c27-22(24-11-6-14-26-12-4-5-13-26)18-9-10-20-19(16-18)25-23(28)21(29-20)15-17-7-2-1-3-8-17/h1-3,7-10,15-16H,4-6,11-14H2,(H,24,27)(H,25,28)/p+1. The topological polar surface area (TPSA) is 62.6 Å². The predicted octanol–water partition coefficient (Wildman–Crippen LogP) is 2.57. The molecule has 0 saturated carbocycles. The molecule has 2 aromatic carbocycles. The molecule has 6 heteroatoms. The van der Waals surface area contributed by atoms with Gasteiger partial charge in [0.15, 0.2) is 0 Å². The molecule has 2 aliphatic rings. The highest BCUT2D eigenvalue weighted by molar-refractivity contribution is 8.04. The van der Waals surface area contributed by atoms with Gasteiger partial charge in [-0.3, -0.25) is 9.59 Å². The molecular formula is C23H26N3O2S+. The van der Waals surface area contributed by atoms with E-state index in [9.17, 15) is 9.59 Å². The zero-order valence-corrected chi connectivity index (χ0v) is 17.2. The Labute approximate surface area is 175 Å². The Kier molecular flexibility index (Phi) is 6.32. The van der Waals surface area contributed by atoms with E-state index >= 15 is 0 Å². The SMILES string of the molecule is O=C1Nc2cc(C(=O)NCCC[NH+]3CCCC3)ccc2SC1=Cc1ccccc1. The van der Waals surface area contributed by atoms with Crippen molar-refractivity contribution in [1.29, 1.82) is 0 Å². The Morgan fingerprint density at radius 2 is 1.93 bits per heavy atom. The number of hydrogen-bond acceptors (Lipinski definition) is 3. The van der Waals surface area contributed by atoms with Gasteiger partial charge in [-0.25, -0.2) is 0 Å². The van der Waals surface area contributed by atoms with E-state index < -0.39 is 0 Å². The number of carbonyl (C=O) groups is 2. The summed E-state index contributed by atoms with van der Waals surface area (Å²) in [5, 5.41) is 5.92. The normalized spacial score (nSPS) is 17.8. The monoisotopic (exact) mass is 408 g/mol. The zero-order chi connectivity index (χ0) is 20.1. The molecule has 3 N–H and O–H groups in total. The lowest BCUT2D eigenvalue weighted by molar-refractivity contribution is -0.887. The average Bonchev–Trinajstić information content (AvgIpc) is 3.25. The first-order valence-electron chi connectivity index (χ1n) is 10.2. The second kappa shape index (κ2) is 9.29. The van der Waals surface area contributed by atoms with Crippen LogP contribution in [0.4, 0.5) is 5.69 Å². The number of fused-ring (bicyclic) bond motifs is 1. The first-order valence-corrected chi connectivity index (χ1v) is 11.0. The van der Waals surface area contributed by atoms with Crippen LogP contribution in [0, 0.1) is 0 Å². The highest BCUT2D eigenvalue weighted by Crippen LogP contribution is 2.39. The van der Waals surface area contributed by atoms with Crippen molar-refractivity contribution in [2.24, 2.45) is 0 Å². The van der Waals surface area contributed by atoms with Crippen LogP contribution in [0.15, 0.2) is 58.3 Å². The maximum absolute atomic E-state index is 12.5. The van der Waals surface area contributed by atoms with Crippen molar-refractivity contribution in [2.45, 2.75) is 24.2 Å². The fraction of sp³-hybridized carbons (Fsp3) is 0.304. The lowest BCUT2D eigenvalue weighted by Crippen LogP contribution is -3.10. The predicted molar refractivity (Wildman–Crippen MR) is 117 cm³/mol. The van der Waals surface area contributed by atoms with Crippen LogP contribution >= 0.6 is 11.8 Å². The van der Waals surface area contributed by atoms with Crippen LogP contribution in [0.1, 0.15) is 35.2 Å². The zero-order valence-electron chi connectivity index (χ0n) is 16.4. The molecule has 0 atom stereocenters. The summed E-state index contributed by atoms with van der Waals surface area (Å²) in [6.07, 6.45) is 5.52. The largest absolute Gasteiger partial charge is 0.352 e. The lowest BCUT2D eigenvalue weighted by atomic mass is 10.1. The third kappa shape index (κ3) is 5.08. The van der Waals surface area contributed by atoms with Crippen molar-refractivity contribution >= 4 is 35.3 Å². The number of likely N-dealkylation sites (tertiary alicyclic amines) is 1. The van der Waals surface area contributed by atoms with E-state index in [4.69, 9.17) is 0 Å². The second-order valence-corrected chi connectivity index (χ2v) is 8.59. The molecular weight excluding hydrogens is 382 g/mol. The van der Waals surface area contributed by atoms with Crippen LogP contribution in [0.5, 0.6) is 0 Å². The third-order valence-electron chi connectivity index (χ3n) is 5.33. The maximum atomic E-state index is 12.5. The van der Waals surface area contributed by atoms with Gasteiger partial charge in [0.25, 0.3) is 11.8 Å². The molecule has 1 fully saturated rings. The fourth-order valence-corrected chi connectivity index (χ4v) is 4.70. The lowest BCUT2D eigenvalue weighted by Gasteiger charge is -2.19. The summed E-state index contributed by atoms with van der Waals surface area (Å²) < 4.78 is 0. The first-order chi connectivity index (χ1) is 14.2. The van der Waals surface area contributed by atoms with Crippen molar-refractivity contribution in [1.82, 2.24) is 5.32 Å². The van der Waals surface area contributed by atoms with Gasteiger partial charge >= 0.3 is 0 Å². The molecule has 4 rings (SSSR count). The minimum absolute atomic E-state index is 0.0888. The number of thioether (sulfide) groups is 1. The summed E-state index contributed by atoms with van der Waals surface area (Å²) in [6.45, 7) is 4.33. The molecule has 2 amide bonds. The summed E-state index contributed by atoms with van der Waals surface area (Å²) in [6, 6.07) is 15.3. The molecule has 0 radical (unpaired) electrons. The quantitative estimate of drug-likeness (QED) is 0.509. The van der Waals surface area contributed by atoms with Gasteiger partial charge in [0.1, 0.15) is 0 Å². The number of amides is 2. The van der Waals surface area contributed by atoms with Crippen molar-refractivity contribution in [2.75, 3.05) is 31.5 Å². The van der Waals surface area contributed by atoms with Crippen molar-refractivity contribution in [3.63, 3.8) is 0 Å². The number of carbonyl (C=O) groups excluding carboxylic acids is 2. The van der Waals surface area contributed by atoms with Crippen LogP contribution in [0.25, 0.3) is 6.08 Å². The van der Waals surface area contributed by atoms with Gasteiger partial charge in [-0.1, -0.05) is 42.1 Å². The molecule has 1 saturated heterocycles. The number of quaternary nitrogens is 1. The average molecular weight is 409 g/mol. The molecule has 29 heavy (non-hydrogen) atoms. The summed E-state index contributed by atoms with van der Waals surface area (Å²) in [5.41, 5.74) is 2.26. The molecule has 150 valence electrons. The van der Waals surface area contributed by atoms with E-state index in [-0.39, 0.29) is 11.8 Å². The Hall–Kier alpha value is -2.57. The van der Waals surface area contributed by atoms with Crippen molar-refractivity contribution < 1.29 is 14.5 Å². The van der Waals surface area contributed by atoms with Crippen LogP contribution in [0.3, 0.4) is 0 Å². The number of anilines is 1. The fourth-order valence-electron chi connectivity index (χ4n) is 3.77. The molecule has 2 heterocycles. The summed E-state index contributed by atoms with van der Waals surface area (Å²) in [5.74, 6) is -0.230. The molecule has 2 aliphatic heterocycles. The molecule has 0 aliphatic carbocycles. The van der Waals surface area contributed by atoms with Crippen molar-refractivity contribution in [3.05, 3.63) is 64.6 Å². The summed E-state index contributed by atoms with van der Waals surface area (Å²) in [4.78, 5) is 28.2. The first kappa shape index (κ1) is 19.7. The van der Waals surface area contributed by atoms with E-state index in [1.54, 1.807) is 11.0 Å². The van der Waals surface area contributed by atoms with E-state index in [0.717, 1.165) is 23.4 Å². The van der Waals surface area contributed by atoms with Crippen LogP contribution in [0.2, 0.25) is 0 Å². The van der Waals surface area contributed by atoms with Gasteiger partial charge in [0.05, 0.1) is 30.2 Å². The molecule has 2 aromatic rings. The minimum atomic E-state index is -0.141. The Bertz CT molecular complexity index is 921. The van der Waals surface area contributed by atoms with E-state index in [0.29, 0.717) is 22.7 Å². The summed E-state index contributed by atoms with van der Waals surface area (Å²) in [7, 11) is 0. The van der Waals surface area contributed by atoms with Crippen LogP contribution < -0.4 is 15.5 Å². The number of hydrogen-bond donors (Lipinski definition) is 3. The van der Waals surface area contributed by atoms with E-state index in [1.165, 1.54) is 37.7 Å². The highest BCUT2D eigenvalue weighted by Gasteiger charge is 2.22. The van der Waals surface area contributed by atoms with Gasteiger partial charge in [-0.15, -0.1) is 0 Å². The number of benzene rings is 2. The Balaban J connectivity index is 1.36. The number of rotatable bonds is 6. The van der Waals surface area contributed by atoms with Crippen LogP contribution in [-0.4, -0.2) is 38.0 Å². The van der Waals surface area contributed by atoms with Gasteiger partial charge in [0, 0.05) is 36.3 Å². The van der Waals surface area contributed by atoms with Gasteiger partial charge in [-0.2, -0.15) is 0 Å². The Morgan fingerprint density at radius 3 is 2.72 bits per heavy atom. The molecule has 0 spiro atoms. The Morgan fingerprint density at radius 1 is 1.14 bits per heavy atom. The van der Waals surface area contributed by atoms with Gasteiger partial charge in [-0.05, 0) is 29.8 Å². The summed E-state index contributed by atoms with van der Waals surface area (Å²) >= 11 is 1.43. The highest BCUT2D eigenvalue weighted by atomic mass is 32.2. The maximum Gasteiger partial charge on any atom is 0.262 e. The number of nitrogens with one attached hydrogen (secondary N) is 3. The van der Waals surface area contributed by atoms with E-state index in [2.05, 4.69) is 10.6 Å². The van der Waals surface area contributed by atoms with Crippen molar-refractivity contribution in [3.8, 4) is 0 Å². The van der Waals surface area contributed by atoms with Crippen LogP contribution in [-0.2, 0) is 4.79 Å².